The van der Waals surface area contributed by atoms with Crippen LogP contribution in [-0.2, 0) is 6.11 Å². The third-order valence-electron chi connectivity index (χ3n) is 5.04. The van der Waals surface area contributed by atoms with Crippen LogP contribution in [0.5, 0.6) is 11.5 Å². The first-order valence-electron chi connectivity index (χ1n) is 11.8. The molecule has 0 unspecified atom stereocenters. The highest BCUT2D eigenvalue weighted by molar-refractivity contribution is 5.78. The summed E-state index contributed by atoms with van der Waals surface area (Å²) < 4.78 is 119. The molecule has 0 heterocycles. The summed E-state index contributed by atoms with van der Waals surface area (Å²) in [6.07, 6.45) is 1.20. The zero-order valence-corrected chi connectivity index (χ0v) is 21.1. The largest absolute Gasteiger partial charge is 0.573 e. The van der Waals surface area contributed by atoms with Crippen LogP contribution in [0.4, 0.5) is 35.1 Å². The van der Waals surface area contributed by atoms with Gasteiger partial charge in [-0.1, -0.05) is 50.8 Å². The summed E-state index contributed by atoms with van der Waals surface area (Å²) in [6, 6.07) is 3.85. The fourth-order valence-electron chi connectivity index (χ4n) is 3.41. The maximum atomic E-state index is 15.1. The number of benzene rings is 2. The van der Waals surface area contributed by atoms with Crippen LogP contribution in [0.1, 0.15) is 44.2 Å². The minimum Gasteiger partial charge on any atom is -0.429 e. The van der Waals surface area contributed by atoms with Gasteiger partial charge in [-0.2, -0.15) is 8.78 Å². The molecule has 10 heteroatoms. The van der Waals surface area contributed by atoms with Gasteiger partial charge in [0.2, 0.25) is 0 Å². The fourth-order valence-corrected chi connectivity index (χ4v) is 3.41. The van der Waals surface area contributed by atoms with E-state index < -0.39 is 47.0 Å². The molecule has 2 nitrogen and oxygen atoms in total. The number of ether oxygens (including phenoxy) is 2. The van der Waals surface area contributed by atoms with Crippen LogP contribution in [0.2, 0.25) is 0 Å². The Morgan fingerprint density at radius 1 is 0.872 bits per heavy atom. The Kier molecular flexibility index (Phi) is 11.1. The monoisotopic (exact) mass is 558 g/mol. The normalized spacial score (nSPS) is 13.6. The van der Waals surface area contributed by atoms with E-state index in [1.165, 1.54) is 12.2 Å². The van der Waals surface area contributed by atoms with Crippen LogP contribution in [0.15, 0.2) is 90.8 Å². The van der Waals surface area contributed by atoms with Gasteiger partial charge < -0.3 is 9.47 Å². The van der Waals surface area contributed by atoms with E-state index in [0.717, 1.165) is 18.1 Å². The standard InChI is InChI=1S/C29H26F8O2/c1-4-7-10-19(8-5-2)11-16-24(30)23(9-6-3)20-17-25(31)27(26(32)18-20)28(33,34)38-21-12-14-22(15-13-21)39-29(35,36)37/h6-10,12-18H,3-5,11H2,1-2H3/b10-7-,19-8+,23-9-,24-16+. The smallest absolute Gasteiger partial charge is 0.429 e. The van der Waals surface area contributed by atoms with Crippen molar-refractivity contribution in [3.63, 3.8) is 0 Å². The van der Waals surface area contributed by atoms with Gasteiger partial charge in [-0.15, -0.1) is 13.2 Å². The second kappa shape index (κ2) is 13.8. The number of rotatable bonds is 12. The molecule has 0 saturated carbocycles. The van der Waals surface area contributed by atoms with Crippen molar-refractivity contribution in [1.29, 1.82) is 0 Å². The van der Waals surface area contributed by atoms with Gasteiger partial charge in [-0.3, -0.25) is 0 Å². The van der Waals surface area contributed by atoms with Gasteiger partial charge in [0.15, 0.2) is 0 Å². The molecule has 2 rings (SSSR count). The first-order valence-corrected chi connectivity index (χ1v) is 11.8. The average Bonchev–Trinajstić information content (AvgIpc) is 2.83. The van der Waals surface area contributed by atoms with Gasteiger partial charge >= 0.3 is 12.5 Å². The Bertz CT molecular complexity index is 1230. The van der Waals surface area contributed by atoms with Crippen molar-refractivity contribution < 1.29 is 44.6 Å². The van der Waals surface area contributed by atoms with Crippen molar-refractivity contribution in [1.82, 2.24) is 0 Å². The Morgan fingerprint density at radius 2 is 1.44 bits per heavy atom. The van der Waals surface area contributed by atoms with E-state index >= 15 is 4.39 Å². The summed E-state index contributed by atoms with van der Waals surface area (Å²) >= 11 is 0. The van der Waals surface area contributed by atoms with Gasteiger partial charge in [0, 0.05) is 5.57 Å². The molecular formula is C29H26F8O2. The molecule has 0 aliphatic rings. The highest BCUT2D eigenvalue weighted by atomic mass is 19.4. The predicted molar refractivity (Wildman–Crippen MR) is 134 cm³/mol. The molecule has 0 aliphatic carbocycles. The lowest BCUT2D eigenvalue weighted by atomic mass is 9.99. The topological polar surface area (TPSA) is 18.5 Å². The number of hydrogen-bond donors (Lipinski definition) is 0. The van der Waals surface area contributed by atoms with E-state index in [4.69, 9.17) is 0 Å². The molecule has 0 aromatic heterocycles. The van der Waals surface area contributed by atoms with Gasteiger partial charge in [-0.05, 0) is 72.9 Å². The number of allylic oxidation sites excluding steroid dienone is 9. The summed E-state index contributed by atoms with van der Waals surface area (Å²) in [4.78, 5) is 0. The lowest BCUT2D eigenvalue weighted by Crippen LogP contribution is -2.25. The predicted octanol–water partition coefficient (Wildman–Crippen LogP) is 10.1. The van der Waals surface area contributed by atoms with Crippen LogP contribution in [0, 0.1) is 11.6 Å². The van der Waals surface area contributed by atoms with Gasteiger partial charge in [0.1, 0.15) is 34.5 Å². The summed E-state index contributed by atoms with van der Waals surface area (Å²) in [6.45, 7) is 7.30. The van der Waals surface area contributed by atoms with Crippen LogP contribution in [-0.4, -0.2) is 6.36 Å². The van der Waals surface area contributed by atoms with Gasteiger partial charge in [-0.25, -0.2) is 13.2 Å². The second-order valence-corrected chi connectivity index (χ2v) is 8.02. The van der Waals surface area contributed by atoms with Gasteiger partial charge in [0.25, 0.3) is 0 Å². The third-order valence-corrected chi connectivity index (χ3v) is 5.04. The van der Waals surface area contributed by atoms with Crippen molar-refractivity contribution in [3.8, 4) is 11.5 Å². The van der Waals surface area contributed by atoms with Crippen molar-refractivity contribution in [2.24, 2.45) is 0 Å². The Hall–Kier alpha value is -3.82. The van der Waals surface area contributed by atoms with Crippen LogP contribution in [0.25, 0.3) is 5.57 Å². The number of hydrogen-bond acceptors (Lipinski definition) is 2. The molecule has 2 aromatic carbocycles. The average molecular weight is 559 g/mol. The van der Waals surface area contributed by atoms with E-state index in [0.29, 0.717) is 42.8 Å². The van der Waals surface area contributed by atoms with Crippen molar-refractivity contribution >= 4 is 5.57 Å². The summed E-state index contributed by atoms with van der Waals surface area (Å²) in [5.74, 6) is -5.71. The minimum absolute atomic E-state index is 0.173. The zero-order valence-electron chi connectivity index (χ0n) is 21.1. The SMILES string of the molecule is C=C/C=C(\C(F)=C/CC(/C=C\CC)=C/CC)c1cc(F)c(C(F)(F)Oc2ccc(OC(F)(F)F)cc2)c(F)c1. The van der Waals surface area contributed by atoms with E-state index in [9.17, 15) is 30.7 Å². The lowest BCUT2D eigenvalue weighted by Gasteiger charge is -2.20. The highest BCUT2D eigenvalue weighted by Crippen LogP contribution is 2.38. The molecule has 0 N–H and O–H groups in total. The molecule has 0 amide bonds. The fraction of sp³-hybridized carbons (Fsp3) is 0.241. The first-order chi connectivity index (χ1) is 18.3. The molecule has 0 saturated heterocycles. The Balaban J connectivity index is 2.35. The van der Waals surface area contributed by atoms with Crippen LogP contribution < -0.4 is 9.47 Å². The Labute approximate surface area is 221 Å². The van der Waals surface area contributed by atoms with E-state index in [-0.39, 0.29) is 17.6 Å². The molecule has 0 atom stereocenters. The van der Waals surface area contributed by atoms with Crippen molar-refractivity contribution in [2.45, 2.75) is 45.6 Å². The number of halogens is 8. The second-order valence-electron chi connectivity index (χ2n) is 8.02. The number of alkyl halides is 5. The van der Waals surface area contributed by atoms with Crippen LogP contribution >= 0.6 is 0 Å². The van der Waals surface area contributed by atoms with E-state index in [1.807, 2.05) is 32.1 Å². The Morgan fingerprint density at radius 3 is 1.92 bits per heavy atom. The molecule has 0 fully saturated rings. The van der Waals surface area contributed by atoms with E-state index in [1.54, 1.807) is 0 Å². The summed E-state index contributed by atoms with van der Waals surface area (Å²) in [5, 5.41) is 0. The molecule has 39 heavy (non-hydrogen) atoms. The maximum absolute atomic E-state index is 15.1. The summed E-state index contributed by atoms with van der Waals surface area (Å²) in [5.41, 5.74) is -1.59. The molecular weight excluding hydrogens is 532 g/mol. The first kappa shape index (κ1) is 31.4. The summed E-state index contributed by atoms with van der Waals surface area (Å²) in [7, 11) is 0. The zero-order chi connectivity index (χ0) is 29.2. The van der Waals surface area contributed by atoms with Gasteiger partial charge in [0.05, 0.1) is 0 Å². The molecule has 0 radical (unpaired) electrons. The molecule has 0 aliphatic heterocycles. The molecule has 0 bridgehead atoms. The van der Waals surface area contributed by atoms with Crippen molar-refractivity contribution in [3.05, 3.63) is 114 Å². The van der Waals surface area contributed by atoms with Crippen LogP contribution in [0.3, 0.4) is 0 Å². The molecule has 0 spiro atoms. The highest BCUT2D eigenvalue weighted by Gasteiger charge is 2.41. The molecule has 210 valence electrons. The van der Waals surface area contributed by atoms with E-state index in [2.05, 4.69) is 16.1 Å². The molecule has 2 aromatic rings. The lowest BCUT2D eigenvalue weighted by molar-refractivity contribution is -0.274. The maximum Gasteiger partial charge on any atom is 0.573 e. The third kappa shape index (κ3) is 9.46. The quantitative estimate of drug-likeness (QED) is 0.191. The van der Waals surface area contributed by atoms with Crippen molar-refractivity contribution in [2.75, 3.05) is 0 Å². The minimum atomic E-state index is -5.01.